The van der Waals surface area contributed by atoms with Crippen molar-refractivity contribution in [1.82, 2.24) is 10.6 Å². The van der Waals surface area contributed by atoms with Crippen molar-refractivity contribution in [2.24, 2.45) is 0 Å². The van der Waals surface area contributed by atoms with Crippen LogP contribution in [0.3, 0.4) is 0 Å². The fourth-order valence-electron chi connectivity index (χ4n) is 1.07. The number of nitrogens with one attached hydrogen (secondary N) is 2. The predicted molar refractivity (Wildman–Crippen MR) is 62.3 cm³/mol. The Bertz CT molecular complexity index is 252. The Kier molecular flexibility index (Phi) is 7.93. The van der Waals surface area contributed by atoms with Crippen molar-refractivity contribution >= 4 is 12.0 Å². The highest BCUT2D eigenvalue weighted by atomic mass is 16.4. The molecule has 0 atom stereocenters. The normalized spacial score (nSPS) is 9.56. The number of urea groups is 1. The van der Waals surface area contributed by atoms with Crippen LogP contribution in [0, 0.1) is 0 Å². The van der Waals surface area contributed by atoms with E-state index in [1.165, 1.54) is 0 Å². The maximum atomic E-state index is 11.1. The second kappa shape index (κ2) is 8.76. The van der Waals surface area contributed by atoms with Gasteiger partial charge in [0.2, 0.25) is 0 Å². The third-order valence-electron chi connectivity index (χ3n) is 1.90. The molecule has 3 N–H and O–H groups in total. The van der Waals surface area contributed by atoms with Crippen molar-refractivity contribution in [3.05, 3.63) is 12.2 Å². The third kappa shape index (κ3) is 10.6. The van der Waals surface area contributed by atoms with E-state index < -0.39 is 5.97 Å². The van der Waals surface area contributed by atoms with Crippen molar-refractivity contribution in [1.29, 1.82) is 0 Å². The lowest BCUT2D eigenvalue weighted by molar-refractivity contribution is -0.137. The number of amides is 2. The van der Waals surface area contributed by atoms with E-state index in [1.807, 2.05) is 6.92 Å². The molecule has 0 radical (unpaired) electrons. The molecule has 0 bridgehead atoms. The number of hydrogen-bond acceptors (Lipinski definition) is 2. The summed E-state index contributed by atoms with van der Waals surface area (Å²) in [5, 5.41) is 13.7. The zero-order chi connectivity index (χ0) is 12.4. The van der Waals surface area contributed by atoms with Crippen LogP contribution in [0.1, 0.15) is 32.6 Å². The summed E-state index contributed by atoms with van der Waals surface area (Å²) >= 11 is 0. The molecule has 0 aliphatic carbocycles. The van der Waals surface area contributed by atoms with Gasteiger partial charge in [-0.2, -0.15) is 0 Å². The van der Waals surface area contributed by atoms with Crippen molar-refractivity contribution in [3.8, 4) is 0 Å². The van der Waals surface area contributed by atoms with Gasteiger partial charge in [0.1, 0.15) is 0 Å². The molecule has 2 amide bonds. The van der Waals surface area contributed by atoms with Gasteiger partial charge in [0, 0.05) is 19.5 Å². The topological polar surface area (TPSA) is 78.4 Å². The van der Waals surface area contributed by atoms with Gasteiger partial charge in [-0.15, -0.1) is 0 Å². The molecule has 0 aromatic heterocycles. The molecular weight excluding hydrogens is 208 g/mol. The fraction of sp³-hybridized carbons (Fsp3) is 0.636. The van der Waals surface area contributed by atoms with E-state index in [1.54, 1.807) is 0 Å². The standard InChI is InChI=1S/C11H20N2O3/c1-9(2)8-13-11(16)12-7-5-3-4-6-10(14)15/h1,3-8H2,2H3,(H,14,15)(H2,12,13,16). The van der Waals surface area contributed by atoms with Gasteiger partial charge in [-0.25, -0.2) is 4.79 Å². The van der Waals surface area contributed by atoms with Crippen LogP contribution < -0.4 is 10.6 Å². The minimum Gasteiger partial charge on any atom is -0.481 e. The van der Waals surface area contributed by atoms with Gasteiger partial charge in [-0.3, -0.25) is 4.79 Å². The molecule has 0 unspecified atom stereocenters. The molecule has 0 rings (SSSR count). The second-order valence-electron chi connectivity index (χ2n) is 3.77. The molecule has 92 valence electrons. The van der Waals surface area contributed by atoms with Gasteiger partial charge < -0.3 is 15.7 Å². The molecule has 0 saturated carbocycles. The third-order valence-corrected chi connectivity index (χ3v) is 1.90. The quantitative estimate of drug-likeness (QED) is 0.435. The predicted octanol–water partition coefficient (Wildman–Crippen LogP) is 1.51. The molecule has 0 saturated heterocycles. The first kappa shape index (κ1) is 14.5. The molecule has 16 heavy (non-hydrogen) atoms. The van der Waals surface area contributed by atoms with E-state index in [0.29, 0.717) is 19.5 Å². The Balaban J connectivity index is 3.27. The lowest BCUT2D eigenvalue weighted by Crippen LogP contribution is -2.36. The monoisotopic (exact) mass is 228 g/mol. The van der Waals surface area contributed by atoms with E-state index in [2.05, 4.69) is 17.2 Å². The highest BCUT2D eigenvalue weighted by molar-refractivity contribution is 5.74. The Hall–Kier alpha value is -1.52. The van der Waals surface area contributed by atoms with E-state index in [4.69, 9.17) is 5.11 Å². The molecule has 0 aromatic carbocycles. The summed E-state index contributed by atoms with van der Waals surface area (Å²) in [6, 6.07) is -0.207. The van der Waals surface area contributed by atoms with Crippen LogP contribution in [-0.2, 0) is 4.79 Å². The molecule has 0 spiro atoms. The first-order chi connectivity index (χ1) is 7.52. The summed E-state index contributed by atoms with van der Waals surface area (Å²) in [5.74, 6) is -0.771. The number of unbranched alkanes of at least 4 members (excludes halogenated alkanes) is 2. The van der Waals surface area contributed by atoms with Crippen molar-refractivity contribution in [2.45, 2.75) is 32.6 Å². The molecule has 0 fully saturated rings. The average Bonchev–Trinajstić information content (AvgIpc) is 2.19. The van der Waals surface area contributed by atoms with Crippen molar-refractivity contribution in [2.75, 3.05) is 13.1 Å². The van der Waals surface area contributed by atoms with E-state index >= 15 is 0 Å². The van der Waals surface area contributed by atoms with Crippen molar-refractivity contribution in [3.63, 3.8) is 0 Å². The molecule has 0 heterocycles. The van der Waals surface area contributed by atoms with Gasteiger partial charge in [0.15, 0.2) is 0 Å². The van der Waals surface area contributed by atoms with E-state index in [0.717, 1.165) is 18.4 Å². The van der Waals surface area contributed by atoms with Crippen molar-refractivity contribution < 1.29 is 14.7 Å². The summed E-state index contributed by atoms with van der Waals surface area (Å²) in [5.41, 5.74) is 0.900. The van der Waals surface area contributed by atoms with Gasteiger partial charge in [-0.05, 0) is 19.8 Å². The van der Waals surface area contributed by atoms with Crippen LogP contribution in [0.5, 0.6) is 0 Å². The largest absolute Gasteiger partial charge is 0.481 e. The SMILES string of the molecule is C=C(C)CNC(=O)NCCCCCC(=O)O. The van der Waals surface area contributed by atoms with Gasteiger partial charge in [0.05, 0.1) is 0 Å². The zero-order valence-corrected chi connectivity index (χ0v) is 9.71. The summed E-state index contributed by atoms with van der Waals surface area (Å²) < 4.78 is 0. The molecule has 0 aliphatic rings. The van der Waals surface area contributed by atoms with Gasteiger partial charge in [-0.1, -0.05) is 18.6 Å². The minimum absolute atomic E-state index is 0.196. The number of hydrogen-bond donors (Lipinski definition) is 3. The minimum atomic E-state index is -0.771. The highest BCUT2D eigenvalue weighted by Crippen LogP contribution is 1.98. The number of carboxylic acid groups (broad SMARTS) is 1. The number of carboxylic acids is 1. The number of carbonyl (C=O) groups excluding carboxylic acids is 1. The van der Waals surface area contributed by atoms with Gasteiger partial charge in [0.25, 0.3) is 0 Å². The fourth-order valence-corrected chi connectivity index (χ4v) is 1.07. The smallest absolute Gasteiger partial charge is 0.315 e. The Morgan fingerprint density at radius 2 is 1.88 bits per heavy atom. The molecule has 0 aliphatic heterocycles. The van der Waals surface area contributed by atoms with Crippen LogP contribution >= 0.6 is 0 Å². The van der Waals surface area contributed by atoms with Crippen LogP contribution in [0.25, 0.3) is 0 Å². The van der Waals surface area contributed by atoms with Crippen LogP contribution in [0.2, 0.25) is 0 Å². The van der Waals surface area contributed by atoms with Gasteiger partial charge >= 0.3 is 12.0 Å². The first-order valence-electron chi connectivity index (χ1n) is 5.40. The molecule has 0 aromatic rings. The Labute approximate surface area is 95.9 Å². The molecule has 5 heteroatoms. The maximum absolute atomic E-state index is 11.1. The number of carbonyl (C=O) groups is 2. The summed E-state index contributed by atoms with van der Waals surface area (Å²) in [4.78, 5) is 21.3. The number of aliphatic carboxylic acids is 1. The lowest BCUT2D eigenvalue weighted by Gasteiger charge is -2.06. The summed E-state index contributed by atoms with van der Waals surface area (Å²) in [6.45, 7) is 6.55. The Morgan fingerprint density at radius 3 is 2.44 bits per heavy atom. The highest BCUT2D eigenvalue weighted by Gasteiger charge is 1.99. The first-order valence-corrected chi connectivity index (χ1v) is 5.40. The summed E-state index contributed by atoms with van der Waals surface area (Å²) in [6.07, 6.45) is 2.47. The zero-order valence-electron chi connectivity index (χ0n) is 9.71. The van der Waals surface area contributed by atoms with Crippen LogP contribution in [0.15, 0.2) is 12.2 Å². The van der Waals surface area contributed by atoms with Crippen LogP contribution in [0.4, 0.5) is 4.79 Å². The summed E-state index contributed by atoms with van der Waals surface area (Å²) in [7, 11) is 0. The average molecular weight is 228 g/mol. The van der Waals surface area contributed by atoms with E-state index in [9.17, 15) is 9.59 Å². The maximum Gasteiger partial charge on any atom is 0.315 e. The lowest BCUT2D eigenvalue weighted by atomic mass is 10.2. The van der Waals surface area contributed by atoms with E-state index in [-0.39, 0.29) is 12.5 Å². The molecular formula is C11H20N2O3. The Morgan fingerprint density at radius 1 is 1.19 bits per heavy atom. The second-order valence-corrected chi connectivity index (χ2v) is 3.77. The number of rotatable bonds is 8. The molecule has 5 nitrogen and oxygen atoms in total. The van der Waals surface area contributed by atoms with Crippen LogP contribution in [-0.4, -0.2) is 30.2 Å².